The molecule has 0 saturated carbocycles. The highest BCUT2D eigenvalue weighted by atomic mass is 127. The van der Waals surface area contributed by atoms with Crippen LogP contribution in [0.4, 0.5) is 5.69 Å². The van der Waals surface area contributed by atoms with E-state index in [2.05, 4.69) is 5.32 Å². The average Bonchev–Trinajstić information content (AvgIpc) is 2.67. The smallest absolute Gasteiger partial charge is 0.266 e. The number of methoxy groups -OCH3 is 1. The molecule has 6 nitrogen and oxygen atoms in total. The number of carbonyl (C=O) groups excluding carboxylic acids is 1. The van der Waals surface area contributed by atoms with Gasteiger partial charge in [-0.15, -0.1) is 0 Å². The Hall–Kier alpha value is -2.75. The Morgan fingerprint density at radius 2 is 2.07 bits per heavy atom. The second kappa shape index (κ2) is 9.98. The zero-order valence-electron chi connectivity index (χ0n) is 15.0. The van der Waals surface area contributed by atoms with Gasteiger partial charge in [0, 0.05) is 10.7 Å². The Morgan fingerprint density at radius 3 is 2.68 bits per heavy atom. The third-order valence-corrected chi connectivity index (χ3v) is 4.85. The Morgan fingerprint density at radius 1 is 1.32 bits per heavy atom. The summed E-state index contributed by atoms with van der Waals surface area (Å²) in [5.41, 5.74) is 1.88. The van der Waals surface area contributed by atoms with Gasteiger partial charge < -0.3 is 14.8 Å². The zero-order valence-corrected chi connectivity index (χ0v) is 18.0. The Kier molecular flexibility index (Phi) is 7.68. The Balaban J connectivity index is 2.31. The number of nitrogens with zero attached hydrogens (tertiary/aromatic N) is 2. The van der Waals surface area contributed by atoms with Gasteiger partial charge in [0.15, 0.2) is 18.1 Å². The summed E-state index contributed by atoms with van der Waals surface area (Å²) in [5.74, 6) is 0.275. The van der Waals surface area contributed by atoms with Crippen LogP contribution >= 0.6 is 34.2 Å². The number of nitriles is 2. The molecule has 2 aromatic carbocycles. The predicted octanol–water partition coefficient (Wildman–Crippen LogP) is 4.71. The maximum atomic E-state index is 12.5. The van der Waals surface area contributed by atoms with Crippen molar-refractivity contribution in [2.24, 2.45) is 0 Å². The molecule has 0 aliphatic heterocycles. The fourth-order valence-electron chi connectivity index (χ4n) is 2.25. The molecule has 0 bridgehead atoms. The molecule has 0 heterocycles. The van der Waals surface area contributed by atoms with Crippen LogP contribution in [0.3, 0.4) is 0 Å². The second-order valence-electron chi connectivity index (χ2n) is 5.57. The van der Waals surface area contributed by atoms with Gasteiger partial charge in [0.05, 0.1) is 10.7 Å². The number of hydrogen-bond acceptors (Lipinski definition) is 5. The van der Waals surface area contributed by atoms with Gasteiger partial charge in [-0.3, -0.25) is 4.79 Å². The molecule has 0 atom stereocenters. The van der Waals surface area contributed by atoms with Gasteiger partial charge in [0.25, 0.3) is 5.91 Å². The first kappa shape index (κ1) is 21.5. The minimum Gasteiger partial charge on any atom is -0.493 e. The topological polar surface area (TPSA) is 95.1 Å². The van der Waals surface area contributed by atoms with E-state index in [1.807, 2.05) is 41.7 Å². The maximum Gasteiger partial charge on any atom is 0.266 e. The van der Waals surface area contributed by atoms with Crippen LogP contribution in [0.15, 0.2) is 35.9 Å². The van der Waals surface area contributed by atoms with Gasteiger partial charge >= 0.3 is 0 Å². The fraction of sp³-hybridized carbons (Fsp3) is 0.150. The zero-order chi connectivity index (χ0) is 20.7. The highest BCUT2D eigenvalue weighted by Gasteiger charge is 2.14. The first-order valence-corrected chi connectivity index (χ1v) is 9.41. The van der Waals surface area contributed by atoms with Crippen molar-refractivity contribution in [1.82, 2.24) is 0 Å². The molecule has 0 aliphatic carbocycles. The number of hydrogen-bond donors (Lipinski definition) is 1. The standard InChI is InChI=1S/C20H15ClIN3O3/c1-12-3-4-15(10-16(12)21)25-20(26)14(11-24)7-13-8-17(22)19(28-6-5-23)18(9-13)27-2/h3-4,7-10H,6H2,1-2H3,(H,25,26)/b14-7-. The minimum atomic E-state index is -0.554. The summed E-state index contributed by atoms with van der Waals surface area (Å²) >= 11 is 8.10. The number of ether oxygens (including phenoxy) is 2. The molecule has 2 aromatic rings. The molecule has 0 radical (unpaired) electrons. The van der Waals surface area contributed by atoms with Crippen LogP contribution in [-0.2, 0) is 4.79 Å². The van der Waals surface area contributed by atoms with Gasteiger partial charge in [0.1, 0.15) is 17.7 Å². The van der Waals surface area contributed by atoms with Crippen molar-refractivity contribution in [1.29, 1.82) is 10.5 Å². The number of halogens is 2. The minimum absolute atomic E-state index is 0.0831. The molecule has 0 spiro atoms. The number of nitrogens with one attached hydrogen (secondary N) is 1. The summed E-state index contributed by atoms with van der Waals surface area (Å²) in [6.45, 7) is 1.74. The van der Waals surface area contributed by atoms with Crippen molar-refractivity contribution in [2.45, 2.75) is 6.92 Å². The summed E-state index contributed by atoms with van der Waals surface area (Å²) in [6.07, 6.45) is 1.45. The van der Waals surface area contributed by atoms with E-state index < -0.39 is 5.91 Å². The van der Waals surface area contributed by atoms with Gasteiger partial charge in [-0.25, -0.2) is 0 Å². The van der Waals surface area contributed by atoms with E-state index in [0.717, 1.165) is 5.56 Å². The Labute approximate surface area is 181 Å². The van der Waals surface area contributed by atoms with E-state index in [0.29, 0.717) is 31.3 Å². The molecule has 8 heteroatoms. The van der Waals surface area contributed by atoms with Crippen LogP contribution in [-0.4, -0.2) is 19.6 Å². The van der Waals surface area contributed by atoms with Crippen molar-refractivity contribution in [3.05, 3.63) is 55.6 Å². The van der Waals surface area contributed by atoms with E-state index in [1.54, 1.807) is 30.3 Å². The van der Waals surface area contributed by atoms with Crippen LogP contribution in [0.25, 0.3) is 6.08 Å². The van der Waals surface area contributed by atoms with E-state index in [-0.39, 0.29) is 12.2 Å². The second-order valence-corrected chi connectivity index (χ2v) is 7.14. The molecule has 142 valence electrons. The SMILES string of the molecule is COc1cc(/C=C(/C#N)C(=O)Nc2ccc(C)c(Cl)c2)cc(I)c1OCC#N. The van der Waals surface area contributed by atoms with Crippen molar-refractivity contribution in [2.75, 3.05) is 19.0 Å². The summed E-state index contributed by atoms with van der Waals surface area (Å²) in [7, 11) is 1.47. The monoisotopic (exact) mass is 507 g/mol. The van der Waals surface area contributed by atoms with E-state index in [1.165, 1.54) is 13.2 Å². The first-order chi connectivity index (χ1) is 13.4. The molecular formula is C20H15ClIN3O3. The number of anilines is 1. The lowest BCUT2D eigenvalue weighted by atomic mass is 10.1. The van der Waals surface area contributed by atoms with E-state index >= 15 is 0 Å². The number of amides is 1. The Bertz CT molecular complexity index is 1020. The molecule has 28 heavy (non-hydrogen) atoms. The normalized spacial score (nSPS) is 10.6. The molecule has 0 aromatic heterocycles. The van der Waals surface area contributed by atoms with Gasteiger partial charge in [-0.2, -0.15) is 10.5 Å². The molecule has 0 saturated heterocycles. The van der Waals surface area contributed by atoms with Crippen LogP contribution in [0.1, 0.15) is 11.1 Å². The van der Waals surface area contributed by atoms with Crippen molar-refractivity contribution in [3.8, 4) is 23.6 Å². The number of rotatable bonds is 6. The molecule has 0 unspecified atom stereocenters. The highest BCUT2D eigenvalue weighted by molar-refractivity contribution is 14.1. The fourth-order valence-corrected chi connectivity index (χ4v) is 3.21. The van der Waals surface area contributed by atoms with Gasteiger partial charge in [-0.1, -0.05) is 17.7 Å². The molecular weight excluding hydrogens is 493 g/mol. The quantitative estimate of drug-likeness (QED) is 0.347. The maximum absolute atomic E-state index is 12.5. The summed E-state index contributed by atoms with van der Waals surface area (Å²) in [6, 6.07) is 12.3. The summed E-state index contributed by atoms with van der Waals surface area (Å²) in [4.78, 5) is 12.5. The third-order valence-electron chi connectivity index (χ3n) is 3.64. The number of carbonyl (C=O) groups is 1. The van der Waals surface area contributed by atoms with Crippen molar-refractivity contribution in [3.63, 3.8) is 0 Å². The number of benzene rings is 2. The summed E-state index contributed by atoms with van der Waals surface area (Å²) < 4.78 is 11.3. The lowest BCUT2D eigenvalue weighted by molar-refractivity contribution is -0.112. The summed E-state index contributed by atoms with van der Waals surface area (Å²) in [5, 5.41) is 21.3. The average molecular weight is 508 g/mol. The van der Waals surface area contributed by atoms with Crippen molar-refractivity contribution < 1.29 is 14.3 Å². The first-order valence-electron chi connectivity index (χ1n) is 7.96. The molecule has 2 rings (SSSR count). The molecule has 1 amide bonds. The molecule has 1 N–H and O–H groups in total. The van der Waals surface area contributed by atoms with Crippen LogP contribution in [0.5, 0.6) is 11.5 Å². The molecule has 0 fully saturated rings. The van der Waals surface area contributed by atoms with Crippen molar-refractivity contribution >= 4 is 51.9 Å². The largest absolute Gasteiger partial charge is 0.493 e. The predicted molar refractivity (Wildman–Crippen MR) is 115 cm³/mol. The highest BCUT2D eigenvalue weighted by Crippen LogP contribution is 2.34. The molecule has 0 aliphatic rings. The van der Waals surface area contributed by atoms with Gasteiger partial charge in [-0.05, 0) is 71.0 Å². The van der Waals surface area contributed by atoms with E-state index in [4.69, 9.17) is 26.3 Å². The third kappa shape index (κ3) is 5.38. The van der Waals surface area contributed by atoms with Crippen LogP contribution < -0.4 is 14.8 Å². The number of aryl methyl sites for hydroxylation is 1. The van der Waals surface area contributed by atoms with Gasteiger partial charge in [0.2, 0.25) is 0 Å². The van der Waals surface area contributed by atoms with Crippen LogP contribution in [0, 0.1) is 33.2 Å². The van der Waals surface area contributed by atoms with E-state index in [9.17, 15) is 10.1 Å². The lowest BCUT2D eigenvalue weighted by Gasteiger charge is -2.12. The van der Waals surface area contributed by atoms with Crippen LogP contribution in [0.2, 0.25) is 5.02 Å². The lowest BCUT2D eigenvalue weighted by Crippen LogP contribution is -2.13.